The molecule has 4 rings (SSSR count). The molecule has 89 heavy (non-hydrogen) atoms. The van der Waals surface area contributed by atoms with Crippen molar-refractivity contribution in [2.24, 2.45) is 28.7 Å². The van der Waals surface area contributed by atoms with Crippen LogP contribution in [0.1, 0.15) is 157 Å². The molecule has 0 aliphatic carbocycles. The Morgan fingerprint density at radius 1 is 0.427 bits per heavy atom. The summed E-state index contributed by atoms with van der Waals surface area (Å²) in [6.07, 6.45) is 7.46. The van der Waals surface area contributed by atoms with Gasteiger partial charge in [0, 0.05) is 41.3 Å². The van der Waals surface area contributed by atoms with E-state index in [0.717, 1.165) is 6.42 Å². The van der Waals surface area contributed by atoms with Crippen LogP contribution in [-0.4, -0.2) is 137 Å². The molecule has 19 N–H and O–H groups in total. The van der Waals surface area contributed by atoms with Gasteiger partial charge in [0.15, 0.2) is 0 Å². The number of hydrogen-bond donors (Lipinski definition) is 14. The highest BCUT2D eigenvalue weighted by Crippen LogP contribution is 2.28. The van der Waals surface area contributed by atoms with Gasteiger partial charge in [0.2, 0.25) is 23.6 Å². The van der Waals surface area contributed by atoms with Gasteiger partial charge in [-0.1, -0.05) is 25.8 Å². The van der Waals surface area contributed by atoms with Gasteiger partial charge < -0.3 is 90.5 Å². The van der Waals surface area contributed by atoms with Crippen molar-refractivity contribution in [3.63, 3.8) is 0 Å². The third-order valence-corrected chi connectivity index (χ3v) is 14.5. The normalized spacial score (nSPS) is 12.2. The summed E-state index contributed by atoms with van der Waals surface area (Å²) >= 11 is 0. The van der Waals surface area contributed by atoms with Crippen molar-refractivity contribution < 1.29 is 62.5 Å². The fraction of sp³-hybridized carbons (Fsp3) is 0.476. The maximum Gasteiger partial charge on any atom is 0.303 e. The maximum atomic E-state index is 14.3. The van der Waals surface area contributed by atoms with Crippen LogP contribution in [-0.2, 0) is 30.4 Å². The zero-order valence-electron chi connectivity index (χ0n) is 51.5. The number of anilines is 4. The summed E-state index contributed by atoms with van der Waals surface area (Å²) in [5.74, 6) is -5.20. The number of rotatable bonds is 41. The van der Waals surface area contributed by atoms with Crippen LogP contribution in [0.25, 0.3) is 0 Å². The number of benzene rings is 4. The first kappa shape index (κ1) is 72.8. The minimum atomic E-state index is -1.17. The molecule has 0 fully saturated rings. The fourth-order valence-corrected chi connectivity index (χ4v) is 9.49. The third kappa shape index (κ3) is 24.1. The number of carboxylic acids is 1. The summed E-state index contributed by atoms with van der Waals surface area (Å²) in [5, 5.41) is 31.3. The number of ether oxygens (including phenoxy) is 3. The molecule has 4 atom stereocenters. The van der Waals surface area contributed by atoms with E-state index >= 15 is 0 Å². The Hall–Kier alpha value is -8.69. The highest BCUT2D eigenvalue weighted by Gasteiger charge is 2.29. The monoisotopic (exact) mass is 1240 g/mol. The molecule has 0 aromatic heterocycles. The van der Waals surface area contributed by atoms with Crippen molar-refractivity contribution in [3.05, 3.63) is 101 Å². The number of methoxy groups -OCH3 is 3. The minimum absolute atomic E-state index is 0.0299. The zero-order valence-corrected chi connectivity index (χ0v) is 51.5. The van der Waals surface area contributed by atoms with Crippen LogP contribution in [0, 0.1) is 0 Å². The van der Waals surface area contributed by atoms with E-state index in [9.17, 15) is 43.2 Å². The highest BCUT2D eigenvalue weighted by atomic mass is 16.5. The Morgan fingerprint density at radius 2 is 0.775 bits per heavy atom. The summed E-state index contributed by atoms with van der Waals surface area (Å²) in [4.78, 5) is 122. The molecule has 0 aliphatic rings. The number of amides is 8. The van der Waals surface area contributed by atoms with Crippen LogP contribution in [0.3, 0.4) is 0 Å². The van der Waals surface area contributed by atoms with E-state index in [-0.39, 0.29) is 88.8 Å². The molecule has 4 aromatic carbocycles. The predicted molar refractivity (Wildman–Crippen MR) is 341 cm³/mol. The van der Waals surface area contributed by atoms with Crippen molar-refractivity contribution in [2.75, 3.05) is 75.3 Å². The summed E-state index contributed by atoms with van der Waals surface area (Å²) in [5.41, 5.74) is 31.0. The van der Waals surface area contributed by atoms with Gasteiger partial charge in [-0.15, -0.1) is 0 Å². The SMILES string of the molecule is CCc1ccc(NC(=O)[C@@H](N)CCCCN)cc1C(=O)N[C@@H](CCCCN)C(=O)Nc1ccc(OC)c(C(=O)N[C@@H](CCCCN)C(=O)Nc2ccc(OC)c(C(=O)N[C@@H](CCCCN)C(=O)Nc3ccc(OC)c(C(=O)NCCCCCC(=O)O)c3)c2)c1. The largest absolute Gasteiger partial charge is 0.496 e. The average molecular weight is 1240 g/mol. The smallest absolute Gasteiger partial charge is 0.303 e. The Labute approximate surface area is 520 Å². The lowest BCUT2D eigenvalue weighted by Crippen LogP contribution is -2.44. The number of nitrogens with two attached hydrogens (primary N) is 5. The van der Waals surface area contributed by atoms with Gasteiger partial charge in [0.25, 0.3) is 23.6 Å². The summed E-state index contributed by atoms with van der Waals surface area (Å²) in [7, 11) is 4.10. The molecule has 0 radical (unpaired) electrons. The second kappa shape index (κ2) is 39.3. The average Bonchev–Trinajstić information content (AvgIpc) is 1.98. The number of nitrogens with one attached hydrogen (secondary N) is 8. The third-order valence-electron chi connectivity index (χ3n) is 14.5. The summed E-state index contributed by atoms with van der Waals surface area (Å²) < 4.78 is 16.5. The lowest BCUT2D eigenvalue weighted by molar-refractivity contribution is -0.137. The van der Waals surface area contributed by atoms with Crippen molar-refractivity contribution in [2.45, 2.75) is 140 Å². The molecule has 0 spiro atoms. The molecule has 486 valence electrons. The van der Waals surface area contributed by atoms with Gasteiger partial charge in [-0.3, -0.25) is 43.2 Å². The number of carbonyl (C=O) groups excluding carboxylic acids is 8. The number of hydrogen-bond acceptors (Lipinski definition) is 17. The van der Waals surface area contributed by atoms with E-state index < -0.39 is 77.4 Å². The van der Waals surface area contributed by atoms with E-state index in [1.807, 2.05) is 6.92 Å². The molecule has 0 saturated heterocycles. The van der Waals surface area contributed by atoms with Gasteiger partial charge in [-0.05, 0) is 188 Å². The van der Waals surface area contributed by atoms with Gasteiger partial charge in [-0.25, -0.2) is 0 Å². The van der Waals surface area contributed by atoms with Gasteiger partial charge in [-0.2, -0.15) is 0 Å². The molecule has 8 amide bonds. The Kier molecular flexibility index (Phi) is 32.1. The Bertz CT molecular complexity index is 3020. The first-order valence-corrected chi connectivity index (χ1v) is 30.2. The molecule has 26 nitrogen and oxygen atoms in total. The molecule has 0 unspecified atom stereocenters. The molecule has 0 heterocycles. The van der Waals surface area contributed by atoms with E-state index in [0.29, 0.717) is 114 Å². The highest BCUT2D eigenvalue weighted by molar-refractivity contribution is 6.07. The first-order chi connectivity index (χ1) is 42.8. The van der Waals surface area contributed by atoms with Gasteiger partial charge >= 0.3 is 5.97 Å². The summed E-state index contributed by atoms with van der Waals surface area (Å²) in [6, 6.07) is 14.0. The van der Waals surface area contributed by atoms with Crippen LogP contribution in [0.4, 0.5) is 22.7 Å². The lowest BCUT2D eigenvalue weighted by atomic mass is 10.0. The summed E-state index contributed by atoms with van der Waals surface area (Å²) in [6.45, 7) is 3.62. The van der Waals surface area contributed by atoms with Crippen molar-refractivity contribution in [1.29, 1.82) is 0 Å². The Morgan fingerprint density at radius 3 is 1.15 bits per heavy atom. The van der Waals surface area contributed by atoms with Crippen molar-refractivity contribution >= 4 is 76.0 Å². The molecular weight excluding hydrogens is 1150 g/mol. The number of carboxylic acid groups (broad SMARTS) is 1. The number of aryl methyl sites for hydroxylation is 1. The van der Waals surface area contributed by atoms with E-state index in [1.165, 1.54) is 69.9 Å². The van der Waals surface area contributed by atoms with Crippen LogP contribution >= 0.6 is 0 Å². The van der Waals surface area contributed by atoms with Crippen LogP contribution in [0.2, 0.25) is 0 Å². The molecular formula is C63H91N13O13. The molecule has 0 bridgehead atoms. The second-order valence-electron chi connectivity index (χ2n) is 21.2. The molecule has 4 aromatic rings. The maximum absolute atomic E-state index is 14.3. The number of carbonyl (C=O) groups is 9. The predicted octanol–water partition coefficient (Wildman–Crippen LogP) is 4.64. The number of unbranched alkanes of at least 4 members (excludes halogenated alkanes) is 6. The first-order valence-electron chi connectivity index (χ1n) is 30.2. The van der Waals surface area contributed by atoms with E-state index in [4.69, 9.17) is 48.0 Å². The van der Waals surface area contributed by atoms with Crippen LogP contribution in [0.5, 0.6) is 17.2 Å². The van der Waals surface area contributed by atoms with Crippen molar-refractivity contribution in [3.8, 4) is 17.2 Å². The number of aliphatic carboxylic acids is 1. The molecule has 0 aliphatic heterocycles. The minimum Gasteiger partial charge on any atom is -0.496 e. The molecule has 26 heteroatoms. The van der Waals surface area contributed by atoms with Crippen LogP contribution in [0.15, 0.2) is 72.8 Å². The van der Waals surface area contributed by atoms with E-state index in [1.54, 1.807) is 24.3 Å². The van der Waals surface area contributed by atoms with Gasteiger partial charge in [0.1, 0.15) is 35.4 Å². The van der Waals surface area contributed by atoms with E-state index in [2.05, 4.69) is 42.5 Å². The lowest BCUT2D eigenvalue weighted by Gasteiger charge is -2.22. The molecule has 0 saturated carbocycles. The second-order valence-corrected chi connectivity index (χ2v) is 21.2. The zero-order chi connectivity index (χ0) is 65.3. The standard InChI is InChI=1S/C63H91N13O13/c1-5-39-22-23-40(70-60(83)48(68)17-8-12-30-64)35-44(39)57(80)74-49(18-9-13-31-65)61(84)72-42-25-28-53(88-3)46(37-42)59(82)76-51(20-11-15-33-67)63(86)73-43-26-29-54(89-4)47(38-43)58(81)75-50(19-10-14-32-66)62(85)71-41-24-27-52(87-2)45(36-41)56(79)69-34-16-6-7-21-55(77)78/h22-29,35-38,48-51H,5-21,30-34,64-68H2,1-4H3,(H,69,79)(H,70,83)(H,71,85)(H,72,84)(H,73,86)(H,74,80)(H,75,81)(H,76,82)(H,77,78)/t48-,49-,50-,51-/m0/s1. The van der Waals surface area contributed by atoms with Crippen LogP contribution < -0.4 is 85.4 Å². The quantitative estimate of drug-likeness (QED) is 0.0269. The fourth-order valence-electron chi connectivity index (χ4n) is 9.49. The Balaban J connectivity index is 1.53. The topological polar surface area (TPSA) is 428 Å². The van der Waals surface area contributed by atoms with Crippen molar-refractivity contribution in [1.82, 2.24) is 21.3 Å². The van der Waals surface area contributed by atoms with Gasteiger partial charge in [0.05, 0.1) is 44.1 Å².